The first kappa shape index (κ1) is 39.7. The zero-order valence-corrected chi connectivity index (χ0v) is 21.7. The van der Waals surface area contributed by atoms with Gasteiger partial charge in [-0.3, -0.25) is 4.79 Å². The third-order valence-corrected chi connectivity index (χ3v) is 8.61. The van der Waals surface area contributed by atoms with Gasteiger partial charge >= 0.3 is 47.0 Å². The van der Waals surface area contributed by atoms with Gasteiger partial charge in [0.05, 0.1) is 0 Å². The minimum atomic E-state index is -8.92. The van der Waals surface area contributed by atoms with Crippen molar-refractivity contribution in [1.29, 1.82) is 0 Å². The Morgan fingerprint density at radius 3 is 1.29 bits per heavy atom. The van der Waals surface area contributed by atoms with Crippen LogP contribution in [0.3, 0.4) is 0 Å². The molecule has 41 heavy (non-hydrogen) atoms. The molecule has 23 heteroatoms. The van der Waals surface area contributed by atoms with Crippen LogP contribution in [0.25, 0.3) is 0 Å². The van der Waals surface area contributed by atoms with E-state index in [1.807, 2.05) is 0 Å². The average molecular weight is 686 g/mol. The number of hydrogen-bond acceptors (Lipinski definition) is 4. The lowest BCUT2D eigenvalue weighted by molar-refractivity contribution is -0.458. The van der Waals surface area contributed by atoms with Crippen LogP contribution < -0.4 is 0 Å². The van der Waals surface area contributed by atoms with Gasteiger partial charge in [0.2, 0.25) is 0 Å². The van der Waals surface area contributed by atoms with Gasteiger partial charge in [0, 0.05) is 6.42 Å². The van der Waals surface area contributed by atoms with E-state index in [4.69, 9.17) is 0 Å². The van der Waals surface area contributed by atoms with Crippen LogP contribution in [0, 0.1) is 0 Å². The second-order valence-corrected chi connectivity index (χ2v) is 12.2. The van der Waals surface area contributed by atoms with Crippen molar-refractivity contribution in [2.24, 2.45) is 0 Å². The van der Waals surface area contributed by atoms with E-state index >= 15 is 0 Å². The fraction of sp³-hybridized carbons (Fsp3) is 0.944. The molecule has 0 amide bonds. The molecule has 0 aliphatic carbocycles. The number of alkyl halides is 17. The molecule has 0 saturated carbocycles. The first-order chi connectivity index (χ1) is 17.8. The first-order valence-electron chi connectivity index (χ1n) is 10.7. The monoisotopic (exact) mass is 686 g/mol. The zero-order chi connectivity index (χ0) is 33.3. The average Bonchev–Trinajstić information content (AvgIpc) is 2.78. The van der Waals surface area contributed by atoms with Gasteiger partial charge in [-0.15, -0.1) is 0 Å². The summed E-state index contributed by atoms with van der Waals surface area (Å²) in [5, 5.41) is -7.95. The van der Waals surface area contributed by atoms with Crippen LogP contribution in [0.4, 0.5) is 74.6 Å². The van der Waals surface area contributed by atoms with Crippen molar-refractivity contribution in [2.75, 3.05) is 17.3 Å². The third-order valence-electron chi connectivity index (χ3n) is 5.27. The lowest BCUT2D eigenvalue weighted by Gasteiger charge is -2.42. The molecule has 0 unspecified atom stereocenters. The molecule has 1 aliphatic rings. The lowest BCUT2D eigenvalue weighted by Crippen LogP contribution is -2.75. The summed E-state index contributed by atoms with van der Waals surface area (Å²) in [6, 6.07) is 0. The van der Waals surface area contributed by atoms with Crippen molar-refractivity contribution < 1.29 is 92.4 Å². The number of carbonyl (C=O) groups is 1. The smallest absolute Gasteiger partial charge is 0.460 e. The Hall–Kier alpha value is -1.26. The third kappa shape index (κ3) is 7.11. The second kappa shape index (κ2) is 12.4. The summed E-state index contributed by atoms with van der Waals surface area (Å²) in [7, 11) is -7.67. The molecule has 246 valence electrons. The van der Waals surface area contributed by atoms with Crippen LogP contribution in [-0.2, 0) is 25.8 Å². The normalized spacial score (nSPS) is 17.6. The highest BCUT2D eigenvalue weighted by atomic mass is 32.2. The summed E-state index contributed by atoms with van der Waals surface area (Å²) < 4.78 is 244. The van der Waals surface area contributed by atoms with Gasteiger partial charge in [-0.1, -0.05) is 6.92 Å². The van der Waals surface area contributed by atoms with Gasteiger partial charge in [0.25, 0.3) is 0 Å². The molecule has 1 heterocycles. The number of carbonyl (C=O) groups excluding carboxylic acids is 1. The van der Waals surface area contributed by atoms with E-state index in [2.05, 4.69) is 6.92 Å². The maximum absolute atomic E-state index is 13.0. The highest BCUT2D eigenvalue weighted by Gasteiger charge is 2.95. The van der Waals surface area contributed by atoms with Crippen molar-refractivity contribution in [1.82, 2.24) is 0 Å². The Kier molecular flexibility index (Phi) is 12.0. The number of Topliss-reactive ketones (excluding diaryl/α,β-unsaturated/α-hetero) is 1. The fourth-order valence-electron chi connectivity index (χ4n) is 2.92. The van der Waals surface area contributed by atoms with Crippen LogP contribution in [0.5, 0.6) is 0 Å². The molecule has 1 aliphatic heterocycles. The topological polar surface area (TPSA) is 74.3 Å². The van der Waals surface area contributed by atoms with E-state index in [1.165, 1.54) is 30.8 Å². The molecule has 0 radical (unpaired) electrons. The molecule has 0 aromatic rings. The minimum absolute atomic E-state index is 0.474. The van der Waals surface area contributed by atoms with Crippen LogP contribution in [-0.4, -0.2) is 83.0 Å². The Morgan fingerprint density at radius 2 is 0.976 bits per heavy atom. The predicted molar refractivity (Wildman–Crippen MR) is 106 cm³/mol. The molecule has 0 aromatic carbocycles. The molecule has 1 fully saturated rings. The Bertz CT molecular complexity index is 1000. The SMILES string of the molecule is CCCC(=O)C[S+]1CCCCC1.O=S(=O)([O-])C(F)(F)C(F)(F)C(F)(F)C(F)(F)C(F)(F)C(F)(F)C(F)(F)C(F)(F)F. The summed E-state index contributed by atoms with van der Waals surface area (Å²) in [6.45, 7) is 2.09. The molecule has 1 rings (SSSR count). The van der Waals surface area contributed by atoms with Gasteiger partial charge in [-0.05, 0) is 36.6 Å². The maximum Gasteiger partial charge on any atom is 0.460 e. The Balaban J connectivity index is 0.00000110. The molecule has 0 atom stereocenters. The summed E-state index contributed by atoms with van der Waals surface area (Å²) in [5.74, 6) is -48.1. The summed E-state index contributed by atoms with van der Waals surface area (Å²) in [6.07, 6.45) is -1.94. The molecule has 4 nitrogen and oxygen atoms in total. The maximum atomic E-state index is 13.0. The summed E-state index contributed by atoms with van der Waals surface area (Å²) in [4.78, 5) is 11.3. The quantitative estimate of drug-likeness (QED) is 0.139. The van der Waals surface area contributed by atoms with E-state index in [1.54, 1.807) is 0 Å². The standard InChI is InChI=1S/C10H19OS.C8HF17O3S/c1-2-6-10(11)9-12-7-4-3-5-8-12;9-1(10,3(13,14)5(17,18)7(21,22)23)2(11,12)4(15,16)6(19,20)8(24,25)29(26,27)28/h2-9H2,1H3;(H,26,27,28)/q+1;/p-1. The number of rotatable bonds is 11. The van der Waals surface area contributed by atoms with E-state index in [0.717, 1.165) is 18.6 Å². The van der Waals surface area contributed by atoms with Crippen LogP contribution >= 0.6 is 0 Å². The summed E-state index contributed by atoms with van der Waals surface area (Å²) in [5.41, 5.74) is 0. The summed E-state index contributed by atoms with van der Waals surface area (Å²) >= 11 is 0. The van der Waals surface area contributed by atoms with Crippen LogP contribution in [0.1, 0.15) is 39.0 Å². The highest BCUT2D eigenvalue weighted by molar-refractivity contribution is 7.97. The molecule has 0 aromatic heterocycles. The van der Waals surface area contributed by atoms with E-state index in [-0.39, 0.29) is 0 Å². The Labute approximate surface area is 223 Å². The Morgan fingerprint density at radius 1 is 0.634 bits per heavy atom. The number of hydrogen-bond donors (Lipinski definition) is 0. The van der Waals surface area contributed by atoms with Gasteiger partial charge in [0.15, 0.2) is 21.7 Å². The van der Waals surface area contributed by atoms with Crippen molar-refractivity contribution in [3.8, 4) is 0 Å². The van der Waals surface area contributed by atoms with Gasteiger partial charge in [-0.2, -0.15) is 74.6 Å². The minimum Gasteiger partial charge on any atom is -0.743 e. The predicted octanol–water partition coefficient (Wildman–Crippen LogP) is 6.66. The highest BCUT2D eigenvalue weighted by Crippen LogP contribution is 2.64. The van der Waals surface area contributed by atoms with Gasteiger partial charge in [-0.25, -0.2) is 8.42 Å². The lowest BCUT2D eigenvalue weighted by atomic mass is 9.91. The van der Waals surface area contributed by atoms with Crippen LogP contribution in [0.2, 0.25) is 0 Å². The molecule has 0 spiro atoms. The van der Waals surface area contributed by atoms with Crippen molar-refractivity contribution in [3.63, 3.8) is 0 Å². The van der Waals surface area contributed by atoms with Crippen molar-refractivity contribution in [3.05, 3.63) is 0 Å². The van der Waals surface area contributed by atoms with E-state index in [0.29, 0.717) is 16.7 Å². The molecular formula is C18H19F17O4S2. The van der Waals surface area contributed by atoms with Gasteiger partial charge < -0.3 is 4.55 Å². The van der Waals surface area contributed by atoms with Gasteiger partial charge in [0.1, 0.15) is 11.5 Å². The first-order valence-corrected chi connectivity index (χ1v) is 13.8. The van der Waals surface area contributed by atoms with Crippen molar-refractivity contribution >= 4 is 26.8 Å². The fourth-order valence-corrected chi connectivity index (χ4v) is 5.68. The second-order valence-electron chi connectivity index (χ2n) is 8.43. The van der Waals surface area contributed by atoms with Crippen LogP contribution in [0.15, 0.2) is 0 Å². The molecule has 1 saturated heterocycles. The molecule has 0 N–H and O–H groups in total. The van der Waals surface area contributed by atoms with E-state index in [9.17, 15) is 92.4 Å². The molecular weight excluding hydrogens is 667 g/mol. The zero-order valence-electron chi connectivity index (χ0n) is 20.0. The van der Waals surface area contributed by atoms with Crippen molar-refractivity contribution in [2.45, 2.75) is 86.0 Å². The number of halogens is 17. The van der Waals surface area contributed by atoms with E-state index < -0.39 is 57.1 Å². The molecule has 0 bridgehead atoms. The largest absolute Gasteiger partial charge is 0.743 e. The number of ketones is 1.